The molecule has 3 saturated carbocycles. The van der Waals surface area contributed by atoms with Gasteiger partial charge in [-0.1, -0.05) is 33.8 Å². The van der Waals surface area contributed by atoms with Gasteiger partial charge in [0.05, 0.1) is 6.10 Å². The predicted octanol–water partition coefficient (Wildman–Crippen LogP) is 3.18. The zero-order valence-corrected chi connectivity index (χ0v) is 20.2. The fraction of sp³-hybridized carbons (Fsp3) is 0.800. The molecular formula is C25H38N2O6. The lowest BCUT2D eigenvalue weighted by atomic mass is 9.44. The minimum atomic E-state index is -0.887. The molecule has 0 radical (unpaired) electrons. The van der Waals surface area contributed by atoms with Crippen LogP contribution < -0.4 is 10.6 Å². The number of aliphatic hydroxyl groups is 1. The van der Waals surface area contributed by atoms with Gasteiger partial charge in [-0.25, -0.2) is 14.9 Å². The third-order valence-corrected chi connectivity index (χ3v) is 9.77. The normalized spacial score (nSPS) is 45.1. The van der Waals surface area contributed by atoms with E-state index >= 15 is 0 Å². The summed E-state index contributed by atoms with van der Waals surface area (Å²) in [5.41, 5.74) is -1.68. The number of Topliss-reactive ketones (excluding diaryl/α,β-unsaturated/α-hetero) is 1. The number of alkyl carbamates (subject to hydrolysis) is 2. The van der Waals surface area contributed by atoms with Gasteiger partial charge in [0, 0.05) is 36.3 Å². The maximum absolute atomic E-state index is 13.3. The van der Waals surface area contributed by atoms with Crippen LogP contribution in [0.4, 0.5) is 9.59 Å². The van der Waals surface area contributed by atoms with Gasteiger partial charge in [-0.05, 0) is 42.9 Å². The van der Waals surface area contributed by atoms with Gasteiger partial charge in [0.1, 0.15) is 18.0 Å². The maximum Gasteiger partial charge on any atom is 0.416 e. The molecule has 0 aromatic rings. The lowest BCUT2D eigenvalue weighted by Crippen LogP contribution is -2.63. The number of imide groups is 1. The second-order valence-corrected chi connectivity index (χ2v) is 11.3. The third-order valence-electron chi connectivity index (χ3n) is 9.77. The Kier molecular flexibility index (Phi) is 6.15. The molecule has 4 rings (SSSR count). The average molecular weight is 463 g/mol. The van der Waals surface area contributed by atoms with Crippen molar-refractivity contribution < 1.29 is 29.0 Å². The summed E-state index contributed by atoms with van der Waals surface area (Å²) in [6.45, 7) is 13.3. The minimum Gasteiger partial charge on any atom is -0.445 e. The first-order chi connectivity index (χ1) is 15.5. The van der Waals surface area contributed by atoms with E-state index in [0.717, 1.165) is 19.3 Å². The fourth-order valence-corrected chi connectivity index (χ4v) is 7.27. The second kappa shape index (κ2) is 8.38. The summed E-state index contributed by atoms with van der Waals surface area (Å²) in [5, 5.41) is 16.7. The number of ether oxygens (including phenoxy) is 2. The average Bonchev–Trinajstić information content (AvgIpc) is 3.09. The van der Waals surface area contributed by atoms with Gasteiger partial charge in [-0.15, -0.1) is 6.58 Å². The molecule has 1 saturated heterocycles. The van der Waals surface area contributed by atoms with Crippen molar-refractivity contribution in [1.29, 1.82) is 0 Å². The van der Waals surface area contributed by atoms with E-state index in [-0.39, 0.29) is 35.1 Å². The van der Waals surface area contributed by atoms with Crippen LogP contribution in [0.25, 0.3) is 0 Å². The molecule has 0 aromatic heterocycles. The Hall–Kier alpha value is -1.93. The topological polar surface area (TPSA) is 114 Å². The van der Waals surface area contributed by atoms with E-state index in [1.54, 1.807) is 6.08 Å². The van der Waals surface area contributed by atoms with Gasteiger partial charge in [-0.3, -0.25) is 4.79 Å². The van der Waals surface area contributed by atoms with Crippen molar-refractivity contribution in [2.75, 3.05) is 13.1 Å². The number of nitrogens with one attached hydrogen (secondary N) is 2. The van der Waals surface area contributed by atoms with Crippen LogP contribution in [0.15, 0.2) is 12.7 Å². The number of hydrogen-bond donors (Lipinski definition) is 3. The van der Waals surface area contributed by atoms with Crippen LogP contribution in [0, 0.1) is 34.0 Å². The first-order valence-electron chi connectivity index (χ1n) is 12.2. The van der Waals surface area contributed by atoms with E-state index in [2.05, 4.69) is 38.0 Å². The monoisotopic (exact) mass is 462 g/mol. The highest BCUT2D eigenvalue weighted by Gasteiger charge is 2.68. The van der Waals surface area contributed by atoms with Crippen molar-refractivity contribution in [3.8, 4) is 0 Å². The molecule has 3 aliphatic carbocycles. The number of aliphatic hydroxyl groups excluding tert-OH is 1. The summed E-state index contributed by atoms with van der Waals surface area (Å²) < 4.78 is 11.1. The van der Waals surface area contributed by atoms with E-state index in [4.69, 9.17) is 9.47 Å². The van der Waals surface area contributed by atoms with Crippen LogP contribution >= 0.6 is 0 Å². The van der Waals surface area contributed by atoms with Gasteiger partial charge in [0.25, 0.3) is 0 Å². The van der Waals surface area contributed by atoms with Gasteiger partial charge >= 0.3 is 12.2 Å². The predicted molar refractivity (Wildman–Crippen MR) is 121 cm³/mol. The number of rotatable bonds is 3. The molecular weight excluding hydrogens is 424 g/mol. The summed E-state index contributed by atoms with van der Waals surface area (Å²) in [4.78, 5) is 38.3. The summed E-state index contributed by atoms with van der Waals surface area (Å²) in [6, 6.07) is 0. The molecule has 2 bridgehead atoms. The Morgan fingerprint density at radius 1 is 1.18 bits per heavy atom. The van der Waals surface area contributed by atoms with E-state index < -0.39 is 35.2 Å². The Bertz CT molecular complexity index is 843. The Morgan fingerprint density at radius 2 is 1.85 bits per heavy atom. The second-order valence-electron chi connectivity index (χ2n) is 11.3. The highest BCUT2D eigenvalue weighted by molar-refractivity contribution is 5.88. The Labute approximate surface area is 195 Å². The highest BCUT2D eigenvalue weighted by atomic mass is 16.6. The molecule has 4 fully saturated rings. The molecule has 0 spiro atoms. The van der Waals surface area contributed by atoms with Crippen LogP contribution in [-0.4, -0.2) is 54.5 Å². The number of carbonyl (C=O) groups is 3. The Balaban J connectivity index is 1.68. The molecule has 8 nitrogen and oxygen atoms in total. The quantitative estimate of drug-likeness (QED) is 0.552. The molecule has 3 N–H and O–H groups in total. The summed E-state index contributed by atoms with van der Waals surface area (Å²) in [7, 11) is 0. The van der Waals surface area contributed by atoms with Crippen molar-refractivity contribution in [2.45, 2.75) is 78.1 Å². The number of hydrogen-bond acceptors (Lipinski definition) is 7. The molecule has 8 atom stereocenters. The lowest BCUT2D eigenvalue weighted by molar-refractivity contribution is -0.191. The van der Waals surface area contributed by atoms with Gasteiger partial charge < -0.3 is 19.9 Å². The summed E-state index contributed by atoms with van der Waals surface area (Å²) in [6.07, 6.45) is 1.65. The van der Waals surface area contributed by atoms with Crippen LogP contribution in [-0.2, 0) is 14.3 Å². The molecule has 1 aliphatic heterocycles. The van der Waals surface area contributed by atoms with Crippen LogP contribution in [0.1, 0.15) is 59.8 Å². The van der Waals surface area contributed by atoms with E-state index in [9.17, 15) is 19.5 Å². The van der Waals surface area contributed by atoms with Crippen LogP contribution in [0.2, 0.25) is 0 Å². The highest BCUT2D eigenvalue weighted by Crippen LogP contribution is 2.67. The molecule has 8 heteroatoms. The lowest BCUT2D eigenvalue weighted by Gasteiger charge is -2.61. The zero-order valence-electron chi connectivity index (χ0n) is 20.2. The third kappa shape index (κ3) is 3.70. The van der Waals surface area contributed by atoms with Crippen molar-refractivity contribution in [1.82, 2.24) is 10.6 Å². The molecule has 1 unspecified atom stereocenters. The molecule has 33 heavy (non-hydrogen) atoms. The van der Waals surface area contributed by atoms with Crippen LogP contribution in [0.3, 0.4) is 0 Å². The SMILES string of the molecule is C=C[C@]1(C)C[C@@H](OC(=O)NC(=O)OC2CNC2)[C@@]2(C)C(C)CC[C@]3(CCC(=O)[C@H]32)[C@@H](C)[C@@H]1O. The largest absolute Gasteiger partial charge is 0.445 e. The zero-order chi connectivity index (χ0) is 24.2. The smallest absolute Gasteiger partial charge is 0.416 e. The van der Waals surface area contributed by atoms with E-state index in [1.807, 2.05) is 6.92 Å². The molecule has 0 aromatic carbocycles. The molecule has 1 heterocycles. The number of amides is 2. The molecule has 184 valence electrons. The number of carbonyl (C=O) groups excluding carboxylic acids is 3. The fourth-order valence-electron chi connectivity index (χ4n) is 7.27. The van der Waals surface area contributed by atoms with Crippen molar-refractivity contribution in [3.05, 3.63) is 12.7 Å². The van der Waals surface area contributed by atoms with Gasteiger partial charge in [-0.2, -0.15) is 0 Å². The molecule has 4 aliphatic rings. The minimum absolute atomic E-state index is 0.0929. The standard InChI is InChI=1S/C25H38N2O6/c1-6-23(4)11-18(33-22(31)27-21(30)32-16-12-26-13-16)24(5)14(2)7-9-25(15(3)20(23)29)10-8-17(28)19(24)25/h6,14-16,18-20,26,29H,1,7-13H2,2-5H3,(H,27,30,31)/t14?,15-,18+,19-,20-,23+,24+,25-/m0/s1. The van der Waals surface area contributed by atoms with E-state index in [1.165, 1.54) is 0 Å². The van der Waals surface area contributed by atoms with Gasteiger partial charge in [0.2, 0.25) is 0 Å². The van der Waals surface area contributed by atoms with Crippen molar-refractivity contribution in [2.24, 2.45) is 34.0 Å². The maximum atomic E-state index is 13.3. The van der Waals surface area contributed by atoms with Crippen LogP contribution in [0.5, 0.6) is 0 Å². The Morgan fingerprint density at radius 3 is 2.45 bits per heavy atom. The summed E-state index contributed by atoms with van der Waals surface area (Å²) in [5.74, 6) is -0.0839. The van der Waals surface area contributed by atoms with E-state index in [0.29, 0.717) is 25.9 Å². The van der Waals surface area contributed by atoms with Gasteiger partial charge in [0.15, 0.2) is 0 Å². The summed E-state index contributed by atoms with van der Waals surface area (Å²) >= 11 is 0. The first kappa shape index (κ1) is 24.2. The van der Waals surface area contributed by atoms with Crippen molar-refractivity contribution >= 4 is 18.0 Å². The van der Waals surface area contributed by atoms with Crippen molar-refractivity contribution in [3.63, 3.8) is 0 Å². The molecule has 2 amide bonds. The first-order valence-corrected chi connectivity index (χ1v) is 12.2. The number of ketones is 1.